The zero-order chi connectivity index (χ0) is 11.7. The fraction of sp³-hybridized carbons (Fsp3) is 0.111. The largest absolute Gasteiger partial charge is 0.382 e. The van der Waals surface area contributed by atoms with E-state index < -0.39 is 23.6 Å². The fourth-order valence-electron chi connectivity index (χ4n) is 1.20. The molecule has 1 N–H and O–H groups in total. The monoisotopic (exact) mass is 246 g/mol. The van der Waals surface area contributed by atoms with Gasteiger partial charge in [0.1, 0.15) is 11.8 Å². The Balaban J connectivity index is 2.45. The van der Waals surface area contributed by atoms with E-state index in [-0.39, 0.29) is 11.3 Å². The Morgan fingerprint density at radius 2 is 1.94 bits per heavy atom. The van der Waals surface area contributed by atoms with Crippen molar-refractivity contribution >= 4 is 11.7 Å². The molecule has 0 radical (unpaired) electrons. The van der Waals surface area contributed by atoms with E-state index in [2.05, 4.69) is 8.75 Å². The van der Waals surface area contributed by atoms with E-state index in [1.54, 1.807) is 0 Å². The maximum absolute atomic E-state index is 13.3. The third-order valence-corrected chi connectivity index (χ3v) is 2.51. The number of aromatic nitrogens is 2. The van der Waals surface area contributed by atoms with Gasteiger partial charge in [-0.1, -0.05) is 0 Å². The summed E-state index contributed by atoms with van der Waals surface area (Å²) in [6.07, 6.45) is -0.218. The first-order valence-corrected chi connectivity index (χ1v) is 4.93. The molecule has 1 unspecified atom stereocenters. The highest BCUT2D eigenvalue weighted by Gasteiger charge is 2.21. The molecule has 1 aromatic carbocycles. The van der Waals surface area contributed by atoms with Gasteiger partial charge < -0.3 is 5.11 Å². The number of nitrogens with zero attached hydrogens (tertiary/aromatic N) is 2. The summed E-state index contributed by atoms with van der Waals surface area (Å²) in [4.78, 5) is 0. The topological polar surface area (TPSA) is 46.0 Å². The lowest BCUT2D eigenvalue weighted by Crippen LogP contribution is -2.05. The number of aliphatic hydroxyl groups excluding tert-OH is 1. The Bertz CT molecular complexity index is 504. The normalized spacial score (nSPS) is 12.8. The first-order chi connectivity index (χ1) is 7.61. The molecule has 16 heavy (non-hydrogen) atoms. The van der Waals surface area contributed by atoms with Crippen molar-refractivity contribution in [2.24, 2.45) is 0 Å². The lowest BCUT2D eigenvalue weighted by Gasteiger charge is -2.09. The number of hydrogen-bond acceptors (Lipinski definition) is 4. The van der Waals surface area contributed by atoms with E-state index >= 15 is 0 Å². The van der Waals surface area contributed by atoms with Crippen LogP contribution in [-0.2, 0) is 0 Å². The summed E-state index contributed by atoms with van der Waals surface area (Å²) in [6.45, 7) is 0. The molecule has 0 saturated heterocycles. The molecule has 0 aliphatic rings. The van der Waals surface area contributed by atoms with Crippen molar-refractivity contribution in [1.29, 1.82) is 0 Å². The molecular formula is C9H5F3N2OS. The standard InChI is InChI=1S/C9H5F3N2OS/c10-5-2-1-4(7(11)8(5)12)9(15)6-3-13-16-14-6/h1-3,9,15H. The summed E-state index contributed by atoms with van der Waals surface area (Å²) in [5.41, 5.74) is -0.276. The summed E-state index contributed by atoms with van der Waals surface area (Å²) in [7, 11) is 0. The molecule has 0 aliphatic carbocycles. The van der Waals surface area contributed by atoms with E-state index in [1.807, 2.05) is 0 Å². The Hall–Kier alpha value is -1.47. The molecule has 1 aromatic heterocycles. The molecule has 2 rings (SSSR count). The minimum absolute atomic E-state index is 0.0925. The van der Waals surface area contributed by atoms with Crippen molar-refractivity contribution in [1.82, 2.24) is 8.75 Å². The average molecular weight is 246 g/mol. The Kier molecular flexibility index (Phi) is 2.88. The maximum Gasteiger partial charge on any atom is 0.194 e. The lowest BCUT2D eigenvalue weighted by molar-refractivity contribution is 0.209. The zero-order valence-corrected chi connectivity index (χ0v) is 8.51. The van der Waals surface area contributed by atoms with Crippen LogP contribution >= 0.6 is 11.7 Å². The van der Waals surface area contributed by atoms with Crippen LogP contribution in [0.3, 0.4) is 0 Å². The molecular weight excluding hydrogens is 241 g/mol. The summed E-state index contributed by atoms with van der Waals surface area (Å²) in [6, 6.07) is 1.72. The van der Waals surface area contributed by atoms with Crippen molar-refractivity contribution in [2.75, 3.05) is 0 Å². The molecule has 0 fully saturated rings. The third kappa shape index (κ3) is 1.79. The highest BCUT2D eigenvalue weighted by molar-refractivity contribution is 6.99. The number of aliphatic hydroxyl groups is 1. The summed E-state index contributed by atoms with van der Waals surface area (Å²) in [5.74, 6) is -4.33. The Morgan fingerprint density at radius 1 is 1.19 bits per heavy atom. The smallest absolute Gasteiger partial charge is 0.194 e. The van der Waals surface area contributed by atoms with Crippen LogP contribution < -0.4 is 0 Å². The van der Waals surface area contributed by atoms with Gasteiger partial charge in [-0.05, 0) is 12.1 Å². The van der Waals surface area contributed by atoms with Crippen molar-refractivity contribution < 1.29 is 18.3 Å². The highest BCUT2D eigenvalue weighted by Crippen LogP contribution is 2.25. The second kappa shape index (κ2) is 4.18. The third-order valence-electron chi connectivity index (χ3n) is 2.02. The number of benzene rings is 1. The maximum atomic E-state index is 13.3. The molecule has 0 spiro atoms. The summed E-state index contributed by atoms with van der Waals surface area (Å²) >= 11 is 0.826. The van der Waals surface area contributed by atoms with Gasteiger partial charge in [0.2, 0.25) is 0 Å². The van der Waals surface area contributed by atoms with Gasteiger partial charge in [0, 0.05) is 5.56 Å². The van der Waals surface area contributed by atoms with Gasteiger partial charge in [0.05, 0.1) is 17.9 Å². The molecule has 0 amide bonds. The predicted molar refractivity (Wildman–Crippen MR) is 50.3 cm³/mol. The fourth-order valence-corrected chi connectivity index (χ4v) is 1.65. The van der Waals surface area contributed by atoms with Crippen LogP contribution in [0, 0.1) is 17.5 Å². The van der Waals surface area contributed by atoms with E-state index in [0.717, 1.165) is 23.9 Å². The van der Waals surface area contributed by atoms with Crippen LogP contribution in [0.25, 0.3) is 0 Å². The SMILES string of the molecule is OC(c1cnsn1)c1ccc(F)c(F)c1F. The molecule has 1 heterocycles. The van der Waals surface area contributed by atoms with Crippen LogP contribution in [0.2, 0.25) is 0 Å². The van der Waals surface area contributed by atoms with E-state index in [0.29, 0.717) is 0 Å². The van der Waals surface area contributed by atoms with Crippen LogP contribution in [-0.4, -0.2) is 13.9 Å². The number of halogens is 3. The second-order valence-corrected chi connectivity index (χ2v) is 3.56. The Morgan fingerprint density at radius 3 is 2.56 bits per heavy atom. The lowest BCUT2D eigenvalue weighted by atomic mass is 10.1. The average Bonchev–Trinajstić information content (AvgIpc) is 2.79. The van der Waals surface area contributed by atoms with Crippen LogP contribution in [0.5, 0.6) is 0 Å². The first kappa shape index (κ1) is 11.0. The molecule has 2 aromatic rings. The summed E-state index contributed by atoms with van der Waals surface area (Å²) in [5, 5.41) is 9.65. The number of hydrogen-bond donors (Lipinski definition) is 1. The summed E-state index contributed by atoms with van der Waals surface area (Å²) < 4.78 is 46.1. The Labute approximate surface area is 92.5 Å². The molecule has 7 heteroatoms. The zero-order valence-electron chi connectivity index (χ0n) is 7.69. The highest BCUT2D eigenvalue weighted by atomic mass is 32.1. The molecule has 3 nitrogen and oxygen atoms in total. The van der Waals surface area contributed by atoms with Gasteiger partial charge in [-0.3, -0.25) is 0 Å². The minimum Gasteiger partial charge on any atom is -0.382 e. The van der Waals surface area contributed by atoms with Gasteiger partial charge >= 0.3 is 0 Å². The van der Waals surface area contributed by atoms with E-state index in [9.17, 15) is 18.3 Å². The van der Waals surface area contributed by atoms with Gasteiger partial charge in [0.15, 0.2) is 17.5 Å². The molecule has 1 atom stereocenters. The van der Waals surface area contributed by atoms with Crippen LogP contribution in [0.15, 0.2) is 18.3 Å². The second-order valence-electron chi connectivity index (χ2n) is 3.00. The van der Waals surface area contributed by atoms with Crippen molar-refractivity contribution in [2.45, 2.75) is 6.10 Å². The number of rotatable bonds is 2. The molecule has 0 saturated carbocycles. The van der Waals surface area contributed by atoms with Crippen molar-refractivity contribution in [3.63, 3.8) is 0 Å². The van der Waals surface area contributed by atoms with E-state index in [1.165, 1.54) is 6.20 Å². The predicted octanol–water partition coefficient (Wildman–Crippen LogP) is 2.04. The first-order valence-electron chi connectivity index (χ1n) is 4.20. The van der Waals surface area contributed by atoms with Crippen molar-refractivity contribution in [3.05, 3.63) is 47.0 Å². The van der Waals surface area contributed by atoms with Crippen LogP contribution in [0.1, 0.15) is 17.4 Å². The minimum atomic E-state index is -1.61. The molecule has 84 valence electrons. The van der Waals surface area contributed by atoms with Crippen molar-refractivity contribution in [3.8, 4) is 0 Å². The van der Waals surface area contributed by atoms with Gasteiger partial charge in [0.25, 0.3) is 0 Å². The quantitative estimate of drug-likeness (QED) is 0.825. The van der Waals surface area contributed by atoms with Crippen LogP contribution in [0.4, 0.5) is 13.2 Å². The van der Waals surface area contributed by atoms with E-state index in [4.69, 9.17) is 0 Å². The molecule has 0 aliphatic heterocycles. The van der Waals surface area contributed by atoms with Gasteiger partial charge in [-0.15, -0.1) is 0 Å². The molecule has 0 bridgehead atoms. The van der Waals surface area contributed by atoms with Gasteiger partial charge in [-0.2, -0.15) is 8.75 Å². The van der Waals surface area contributed by atoms with Gasteiger partial charge in [-0.25, -0.2) is 13.2 Å².